The predicted molar refractivity (Wildman–Crippen MR) is 103 cm³/mol. The fourth-order valence-corrected chi connectivity index (χ4v) is 5.83. The molecule has 0 unspecified atom stereocenters. The van der Waals surface area contributed by atoms with Crippen LogP contribution in [0.1, 0.15) is 12.0 Å². The van der Waals surface area contributed by atoms with Gasteiger partial charge in [0.2, 0.25) is 17.7 Å². The minimum absolute atomic E-state index is 0.150. The number of carbonyl (C=O) groups is 3. The number of likely N-dealkylation sites (N-methyl/N-ethyl adjacent to an activating group) is 1. The molecule has 27 heavy (non-hydrogen) atoms. The van der Waals surface area contributed by atoms with Gasteiger partial charge in [0, 0.05) is 18.3 Å². The van der Waals surface area contributed by atoms with Gasteiger partial charge in [0.05, 0.1) is 11.8 Å². The third-order valence-electron chi connectivity index (χ3n) is 6.25. The van der Waals surface area contributed by atoms with Gasteiger partial charge in [-0.2, -0.15) is 0 Å². The number of rotatable bonds is 4. The lowest BCUT2D eigenvalue weighted by Gasteiger charge is -2.22. The van der Waals surface area contributed by atoms with E-state index < -0.39 is 0 Å². The van der Waals surface area contributed by atoms with E-state index in [4.69, 9.17) is 0 Å². The van der Waals surface area contributed by atoms with Crippen LogP contribution < -0.4 is 0 Å². The van der Waals surface area contributed by atoms with Crippen molar-refractivity contribution in [3.05, 3.63) is 47.4 Å². The molecule has 0 spiro atoms. The normalized spacial score (nSPS) is 28.4. The van der Waals surface area contributed by atoms with E-state index in [0.29, 0.717) is 6.54 Å². The van der Waals surface area contributed by atoms with Crippen LogP contribution in [-0.4, -0.2) is 41.1 Å². The lowest BCUT2D eigenvalue weighted by atomic mass is 9.85. The number of allylic oxidation sites excluding steroid dienone is 2. The Morgan fingerprint density at radius 3 is 2.52 bits per heavy atom. The number of imide groups is 1. The van der Waals surface area contributed by atoms with Crippen molar-refractivity contribution < 1.29 is 14.4 Å². The van der Waals surface area contributed by atoms with Crippen molar-refractivity contribution >= 4 is 39.1 Å². The van der Waals surface area contributed by atoms with E-state index in [0.717, 1.165) is 17.4 Å². The first-order valence-electron chi connectivity index (χ1n) is 9.27. The smallest absolute Gasteiger partial charge is 0.242 e. The standard InChI is InChI=1S/C21H20N2O3S/c1-22(9-14-11-27-16-5-3-2-4-15(14)16)17(24)10-23-20(25)18-12-6-7-13(8-12)19(18)21(23)26/h2-7,11-13,18-19H,8-10H2,1H3/t12-,13-,18-,19+/m0/s1. The van der Waals surface area contributed by atoms with Crippen molar-refractivity contribution in [2.75, 3.05) is 13.6 Å². The van der Waals surface area contributed by atoms with E-state index in [1.54, 1.807) is 23.3 Å². The van der Waals surface area contributed by atoms with Crippen LogP contribution in [0.3, 0.4) is 0 Å². The zero-order valence-electron chi connectivity index (χ0n) is 15.0. The molecule has 5 rings (SSSR count). The maximum absolute atomic E-state index is 12.7. The van der Waals surface area contributed by atoms with E-state index in [1.165, 1.54) is 9.60 Å². The lowest BCUT2D eigenvalue weighted by molar-refractivity contribution is -0.146. The zero-order chi connectivity index (χ0) is 18.7. The molecule has 2 bridgehead atoms. The first-order chi connectivity index (χ1) is 13.0. The summed E-state index contributed by atoms with van der Waals surface area (Å²) in [5.74, 6) is -0.669. The quantitative estimate of drug-likeness (QED) is 0.605. The van der Waals surface area contributed by atoms with Crippen LogP contribution >= 0.6 is 11.3 Å². The van der Waals surface area contributed by atoms with Gasteiger partial charge in [0.25, 0.3) is 0 Å². The summed E-state index contributed by atoms with van der Waals surface area (Å²) >= 11 is 1.66. The second kappa shape index (κ2) is 6.02. The van der Waals surface area contributed by atoms with Gasteiger partial charge in [0.15, 0.2) is 0 Å². The highest BCUT2D eigenvalue weighted by molar-refractivity contribution is 7.17. The second-order valence-corrected chi connectivity index (χ2v) is 8.68. The van der Waals surface area contributed by atoms with Crippen LogP contribution in [0.2, 0.25) is 0 Å². The average molecular weight is 380 g/mol. The summed E-state index contributed by atoms with van der Waals surface area (Å²) in [5.41, 5.74) is 1.09. The molecule has 2 aliphatic carbocycles. The molecule has 2 aromatic rings. The molecule has 1 saturated heterocycles. The maximum atomic E-state index is 12.7. The Bertz CT molecular complexity index is 964. The maximum Gasteiger partial charge on any atom is 0.242 e. The summed E-state index contributed by atoms with van der Waals surface area (Å²) in [7, 11) is 1.73. The molecule has 0 radical (unpaired) electrons. The average Bonchev–Trinajstić information content (AvgIpc) is 3.42. The van der Waals surface area contributed by atoms with Crippen molar-refractivity contribution in [1.29, 1.82) is 0 Å². The number of benzene rings is 1. The Labute approximate surface area is 161 Å². The van der Waals surface area contributed by atoms with Crippen molar-refractivity contribution in [2.24, 2.45) is 23.7 Å². The largest absolute Gasteiger partial charge is 0.340 e. The Morgan fingerprint density at radius 1 is 1.15 bits per heavy atom. The molecule has 0 N–H and O–H groups in total. The fourth-order valence-electron chi connectivity index (χ4n) is 4.87. The van der Waals surface area contributed by atoms with E-state index in [1.807, 2.05) is 12.1 Å². The third-order valence-corrected chi connectivity index (χ3v) is 7.26. The van der Waals surface area contributed by atoms with Gasteiger partial charge in [-0.25, -0.2) is 0 Å². The Morgan fingerprint density at radius 2 is 1.81 bits per heavy atom. The van der Waals surface area contributed by atoms with Crippen molar-refractivity contribution in [1.82, 2.24) is 9.80 Å². The molecular weight excluding hydrogens is 360 g/mol. The molecule has 2 fully saturated rings. The minimum atomic E-state index is -0.244. The fraction of sp³-hybridized carbons (Fsp3) is 0.381. The topological polar surface area (TPSA) is 57.7 Å². The summed E-state index contributed by atoms with van der Waals surface area (Å²) < 4.78 is 1.19. The zero-order valence-corrected chi connectivity index (χ0v) is 15.8. The van der Waals surface area contributed by atoms with E-state index >= 15 is 0 Å². The molecule has 138 valence electrons. The highest BCUT2D eigenvalue weighted by Gasteiger charge is 2.59. The monoisotopic (exact) mass is 380 g/mol. The minimum Gasteiger partial charge on any atom is -0.340 e. The Balaban J connectivity index is 1.29. The molecule has 4 atom stereocenters. The van der Waals surface area contributed by atoms with Gasteiger partial charge in [0.1, 0.15) is 6.54 Å². The first-order valence-corrected chi connectivity index (χ1v) is 10.1. The first kappa shape index (κ1) is 16.7. The van der Waals surface area contributed by atoms with E-state index in [2.05, 4.69) is 29.7 Å². The molecule has 6 heteroatoms. The van der Waals surface area contributed by atoms with Crippen molar-refractivity contribution in [3.63, 3.8) is 0 Å². The van der Waals surface area contributed by atoms with Crippen LogP contribution in [0.5, 0.6) is 0 Å². The van der Waals surface area contributed by atoms with Gasteiger partial charge in [-0.1, -0.05) is 30.4 Å². The van der Waals surface area contributed by atoms with Crippen LogP contribution in [-0.2, 0) is 20.9 Å². The van der Waals surface area contributed by atoms with Crippen molar-refractivity contribution in [2.45, 2.75) is 13.0 Å². The molecule has 5 nitrogen and oxygen atoms in total. The summed E-state index contributed by atoms with van der Waals surface area (Å²) in [5, 5.41) is 3.21. The number of fused-ring (bicyclic) bond motifs is 6. The number of amides is 3. The molecule has 1 saturated carbocycles. The summed E-state index contributed by atoms with van der Waals surface area (Å²) in [6.45, 7) is 0.321. The number of nitrogens with zero attached hydrogens (tertiary/aromatic N) is 2. The number of carbonyl (C=O) groups excluding carboxylic acids is 3. The lowest BCUT2D eigenvalue weighted by Crippen LogP contribution is -2.42. The molecule has 1 aliphatic heterocycles. The molecule has 3 amide bonds. The Hall–Kier alpha value is -2.47. The number of likely N-dealkylation sites (tertiary alicyclic amines) is 1. The van der Waals surface area contributed by atoms with Crippen LogP contribution in [0.4, 0.5) is 0 Å². The van der Waals surface area contributed by atoms with Crippen LogP contribution in [0.25, 0.3) is 10.1 Å². The third kappa shape index (κ3) is 2.46. The summed E-state index contributed by atoms with van der Waals surface area (Å²) in [6.07, 6.45) is 5.03. The molecule has 2 heterocycles. The van der Waals surface area contributed by atoms with Crippen LogP contribution in [0.15, 0.2) is 41.8 Å². The molecule has 1 aromatic carbocycles. The van der Waals surface area contributed by atoms with Gasteiger partial charge in [-0.15, -0.1) is 11.3 Å². The highest BCUT2D eigenvalue weighted by atomic mass is 32.1. The number of hydrogen-bond acceptors (Lipinski definition) is 4. The number of hydrogen-bond donors (Lipinski definition) is 0. The van der Waals surface area contributed by atoms with Gasteiger partial charge >= 0.3 is 0 Å². The van der Waals surface area contributed by atoms with Gasteiger partial charge < -0.3 is 4.90 Å². The van der Waals surface area contributed by atoms with Gasteiger partial charge in [-0.3, -0.25) is 19.3 Å². The SMILES string of the molecule is CN(Cc1csc2ccccc12)C(=O)CN1C(=O)[C@@H]2[C@H](C1=O)[C@H]1C=C[C@H]2C1. The second-order valence-electron chi connectivity index (χ2n) is 7.77. The molecule has 1 aromatic heterocycles. The highest BCUT2D eigenvalue weighted by Crippen LogP contribution is 2.52. The van der Waals surface area contributed by atoms with E-state index in [9.17, 15) is 14.4 Å². The summed E-state index contributed by atoms with van der Waals surface area (Å²) in [4.78, 5) is 41.0. The predicted octanol–water partition coefficient (Wildman–Crippen LogP) is 2.67. The van der Waals surface area contributed by atoms with E-state index in [-0.39, 0.29) is 47.9 Å². The van der Waals surface area contributed by atoms with Crippen molar-refractivity contribution in [3.8, 4) is 0 Å². The Kier molecular flexibility index (Phi) is 3.72. The number of thiophene rings is 1. The van der Waals surface area contributed by atoms with Gasteiger partial charge in [-0.05, 0) is 40.7 Å². The molecule has 3 aliphatic rings. The van der Waals surface area contributed by atoms with Crippen LogP contribution in [0, 0.1) is 23.7 Å². The molecular formula is C21H20N2O3S. The summed E-state index contributed by atoms with van der Waals surface area (Å²) in [6, 6.07) is 8.11.